The van der Waals surface area contributed by atoms with Gasteiger partial charge in [0.25, 0.3) is 5.91 Å². The number of methoxy groups -OCH3 is 1. The van der Waals surface area contributed by atoms with E-state index >= 15 is 0 Å². The number of fused-ring (bicyclic) bond motifs is 3. The van der Waals surface area contributed by atoms with E-state index in [-0.39, 0.29) is 12.1 Å². The molecule has 1 atom stereocenters. The van der Waals surface area contributed by atoms with Gasteiger partial charge in [0, 0.05) is 11.1 Å². The van der Waals surface area contributed by atoms with E-state index in [2.05, 4.69) is 15.6 Å². The van der Waals surface area contributed by atoms with Gasteiger partial charge in [0.1, 0.15) is 15.9 Å². The molecule has 0 fully saturated rings. The molecular formula is C20H21N3O3S. The van der Waals surface area contributed by atoms with Crippen molar-refractivity contribution in [3.05, 3.63) is 46.0 Å². The molecule has 2 N–H and O–H groups in total. The van der Waals surface area contributed by atoms with Crippen LogP contribution in [0.4, 0.5) is 5.69 Å². The summed E-state index contributed by atoms with van der Waals surface area (Å²) in [6.45, 7) is 6.50. The van der Waals surface area contributed by atoms with Crippen molar-refractivity contribution in [3.8, 4) is 11.5 Å². The Bertz CT molecular complexity index is 1040. The smallest absolute Gasteiger partial charge is 0.265 e. The van der Waals surface area contributed by atoms with Gasteiger partial charge in [0.15, 0.2) is 11.5 Å². The first-order chi connectivity index (χ1) is 13.0. The highest BCUT2D eigenvalue weighted by molar-refractivity contribution is 7.21. The predicted molar refractivity (Wildman–Crippen MR) is 107 cm³/mol. The summed E-state index contributed by atoms with van der Waals surface area (Å²) in [7, 11) is 1.61. The number of amides is 1. The maximum atomic E-state index is 12.7. The molecule has 0 aliphatic carbocycles. The van der Waals surface area contributed by atoms with E-state index in [1.54, 1.807) is 7.11 Å². The summed E-state index contributed by atoms with van der Waals surface area (Å²) >= 11 is 1.42. The van der Waals surface area contributed by atoms with Gasteiger partial charge in [-0.1, -0.05) is 6.07 Å². The maximum absolute atomic E-state index is 12.7. The molecule has 1 aromatic carbocycles. The van der Waals surface area contributed by atoms with E-state index in [4.69, 9.17) is 9.47 Å². The Morgan fingerprint density at radius 1 is 1.19 bits per heavy atom. The van der Waals surface area contributed by atoms with Gasteiger partial charge in [0.2, 0.25) is 0 Å². The first-order valence-electron chi connectivity index (χ1n) is 8.80. The Labute approximate surface area is 161 Å². The first kappa shape index (κ1) is 17.6. The van der Waals surface area contributed by atoms with Crippen molar-refractivity contribution in [1.29, 1.82) is 0 Å². The highest BCUT2D eigenvalue weighted by Gasteiger charge is 2.30. The van der Waals surface area contributed by atoms with Crippen LogP contribution in [0.25, 0.3) is 10.2 Å². The molecule has 27 heavy (non-hydrogen) atoms. The number of carbonyl (C=O) groups excluding carboxylic acids is 1. The van der Waals surface area contributed by atoms with Crippen LogP contribution in [0.2, 0.25) is 0 Å². The summed E-state index contributed by atoms with van der Waals surface area (Å²) < 4.78 is 11.0. The third-order valence-electron chi connectivity index (χ3n) is 4.58. The average Bonchev–Trinajstić information content (AvgIpc) is 3.01. The van der Waals surface area contributed by atoms with Gasteiger partial charge in [-0.3, -0.25) is 4.79 Å². The van der Waals surface area contributed by atoms with Gasteiger partial charge in [0.05, 0.1) is 19.4 Å². The number of hydrogen-bond acceptors (Lipinski definition) is 6. The van der Waals surface area contributed by atoms with E-state index < -0.39 is 0 Å². The zero-order valence-corrected chi connectivity index (χ0v) is 16.5. The molecule has 7 heteroatoms. The van der Waals surface area contributed by atoms with E-state index in [0.29, 0.717) is 23.0 Å². The van der Waals surface area contributed by atoms with Crippen molar-refractivity contribution in [2.45, 2.75) is 26.9 Å². The van der Waals surface area contributed by atoms with Gasteiger partial charge in [-0.15, -0.1) is 11.3 Å². The molecule has 1 aliphatic heterocycles. The van der Waals surface area contributed by atoms with Crippen molar-refractivity contribution in [2.24, 2.45) is 0 Å². The molecule has 4 rings (SSSR count). The number of pyridine rings is 1. The van der Waals surface area contributed by atoms with Crippen LogP contribution in [0, 0.1) is 13.8 Å². The zero-order chi connectivity index (χ0) is 19.1. The van der Waals surface area contributed by atoms with Crippen LogP contribution in [0.3, 0.4) is 0 Å². The fraction of sp³-hybridized carbons (Fsp3) is 0.300. The third-order valence-corrected chi connectivity index (χ3v) is 5.66. The Morgan fingerprint density at radius 3 is 2.74 bits per heavy atom. The van der Waals surface area contributed by atoms with Crippen LogP contribution < -0.4 is 20.1 Å². The summed E-state index contributed by atoms with van der Waals surface area (Å²) in [5, 5.41) is 7.51. The second-order valence-corrected chi connectivity index (χ2v) is 7.46. The number of ether oxygens (including phenoxy) is 2. The molecule has 0 saturated heterocycles. The van der Waals surface area contributed by atoms with Gasteiger partial charge < -0.3 is 20.1 Å². The lowest BCUT2D eigenvalue weighted by Gasteiger charge is -2.27. The molecular weight excluding hydrogens is 362 g/mol. The number of carbonyl (C=O) groups is 1. The SMILES string of the molecule is CCOc1ccc([C@H]2NC(=O)c3sc4nc(C)cc(C)c4c3N2)cc1OC. The van der Waals surface area contributed by atoms with Gasteiger partial charge in [-0.25, -0.2) is 4.98 Å². The third kappa shape index (κ3) is 2.98. The van der Waals surface area contributed by atoms with Gasteiger partial charge in [-0.2, -0.15) is 0 Å². The molecule has 3 aromatic rings. The molecule has 0 unspecified atom stereocenters. The largest absolute Gasteiger partial charge is 0.493 e. The summed E-state index contributed by atoms with van der Waals surface area (Å²) in [6, 6.07) is 7.72. The Morgan fingerprint density at radius 2 is 2.00 bits per heavy atom. The van der Waals surface area contributed by atoms with E-state index in [0.717, 1.165) is 32.7 Å². The number of rotatable bonds is 4. The summed E-state index contributed by atoms with van der Waals surface area (Å²) in [6.07, 6.45) is -0.354. The summed E-state index contributed by atoms with van der Waals surface area (Å²) in [5.74, 6) is 1.23. The predicted octanol–water partition coefficient (Wildman–Crippen LogP) is 4.17. The van der Waals surface area contributed by atoms with Crippen molar-refractivity contribution in [2.75, 3.05) is 19.0 Å². The summed E-state index contributed by atoms with van der Waals surface area (Å²) in [4.78, 5) is 18.9. The standard InChI is InChI=1S/C20H21N3O3S/c1-5-26-13-7-6-12(9-14(13)25-4)18-22-16-15-10(2)8-11(3)21-20(15)27-17(16)19(24)23-18/h6-9,18,22H,5H2,1-4H3,(H,23,24)/t18-/m1/s1. The molecule has 0 bridgehead atoms. The van der Waals surface area contributed by atoms with E-state index in [1.165, 1.54) is 11.3 Å². The number of hydrogen-bond donors (Lipinski definition) is 2. The molecule has 0 saturated carbocycles. The van der Waals surface area contributed by atoms with Crippen LogP contribution in [-0.4, -0.2) is 24.6 Å². The monoisotopic (exact) mass is 383 g/mol. The zero-order valence-electron chi connectivity index (χ0n) is 15.7. The topological polar surface area (TPSA) is 72.5 Å². The quantitative estimate of drug-likeness (QED) is 0.707. The minimum Gasteiger partial charge on any atom is -0.493 e. The average molecular weight is 383 g/mol. The molecule has 140 valence electrons. The number of benzene rings is 1. The number of thiophene rings is 1. The Kier molecular flexibility index (Phi) is 4.39. The number of aryl methyl sites for hydroxylation is 2. The van der Waals surface area contributed by atoms with Crippen LogP contribution in [-0.2, 0) is 0 Å². The first-order valence-corrected chi connectivity index (χ1v) is 9.62. The maximum Gasteiger partial charge on any atom is 0.265 e. The van der Waals surface area contributed by atoms with Crippen molar-refractivity contribution < 1.29 is 14.3 Å². The Balaban J connectivity index is 1.76. The van der Waals surface area contributed by atoms with E-state index in [1.807, 2.05) is 45.0 Å². The second-order valence-electron chi connectivity index (χ2n) is 6.46. The highest BCUT2D eigenvalue weighted by Crippen LogP contribution is 2.41. The van der Waals surface area contributed by atoms with Crippen LogP contribution in [0.5, 0.6) is 11.5 Å². The van der Waals surface area contributed by atoms with Crippen molar-refractivity contribution in [1.82, 2.24) is 10.3 Å². The van der Waals surface area contributed by atoms with Crippen molar-refractivity contribution >= 4 is 33.1 Å². The van der Waals surface area contributed by atoms with E-state index in [9.17, 15) is 4.79 Å². The number of aromatic nitrogens is 1. The highest BCUT2D eigenvalue weighted by atomic mass is 32.1. The molecule has 0 spiro atoms. The van der Waals surface area contributed by atoms with Crippen molar-refractivity contribution in [3.63, 3.8) is 0 Å². The molecule has 2 aromatic heterocycles. The second kappa shape index (κ2) is 6.74. The van der Waals surface area contributed by atoms with Gasteiger partial charge in [-0.05, 0) is 50.1 Å². The minimum atomic E-state index is -0.354. The fourth-order valence-electron chi connectivity index (χ4n) is 3.42. The lowest BCUT2D eigenvalue weighted by Crippen LogP contribution is -2.37. The van der Waals surface area contributed by atoms with Crippen LogP contribution in [0.1, 0.15) is 39.6 Å². The number of nitrogens with one attached hydrogen (secondary N) is 2. The summed E-state index contributed by atoms with van der Waals surface area (Å²) in [5.41, 5.74) is 3.81. The number of anilines is 1. The molecule has 1 aliphatic rings. The van der Waals surface area contributed by atoms with Gasteiger partial charge >= 0.3 is 0 Å². The molecule has 1 amide bonds. The molecule has 0 radical (unpaired) electrons. The van der Waals surface area contributed by atoms with Crippen LogP contribution in [0.15, 0.2) is 24.3 Å². The molecule has 6 nitrogen and oxygen atoms in total. The lowest BCUT2D eigenvalue weighted by molar-refractivity contribution is 0.0940. The normalized spacial score (nSPS) is 15.9. The number of nitrogens with zero attached hydrogens (tertiary/aromatic N) is 1. The van der Waals surface area contributed by atoms with Crippen LogP contribution >= 0.6 is 11.3 Å². The fourth-order valence-corrected chi connectivity index (χ4v) is 4.58. The molecule has 3 heterocycles. The lowest BCUT2D eigenvalue weighted by atomic mass is 10.1. The minimum absolute atomic E-state index is 0.0957. The Hall–Kier alpha value is -2.80.